The van der Waals surface area contributed by atoms with E-state index in [4.69, 9.17) is 1.90 Å². The van der Waals surface area contributed by atoms with Crippen LogP contribution in [0.25, 0.3) is 0 Å². The van der Waals surface area contributed by atoms with E-state index in [1.165, 1.54) is 50.6 Å². The maximum atomic E-state index is 8.15. The fourth-order valence-corrected chi connectivity index (χ4v) is 25.4. The molecular weight excluding hydrogens is 496 g/mol. The van der Waals surface area contributed by atoms with Crippen molar-refractivity contribution in [3.05, 3.63) is 121 Å². The molecule has 4 rings (SSSR count). The molecule has 0 aromatic heterocycles. The van der Waals surface area contributed by atoms with Crippen molar-refractivity contribution in [1.29, 1.82) is 0 Å². The Kier molecular flexibility index (Phi) is 9.78. The standard InChI is InChI=1S/4C6H5.2C4H9.O.2Ti/c4*1-2-4-6-5-3-1;2*1-3-4-2;;;/h4*1-5H;2*1,3-4H2,2H3;;;. The van der Waals surface area contributed by atoms with Gasteiger partial charge in [0.1, 0.15) is 0 Å². The molecule has 180 valence electrons. The van der Waals surface area contributed by atoms with Crippen LogP contribution >= 0.6 is 0 Å². The molecule has 0 bridgehead atoms. The summed E-state index contributed by atoms with van der Waals surface area (Å²) in [4.78, 5) is 0. The molecule has 0 saturated carbocycles. The van der Waals surface area contributed by atoms with Gasteiger partial charge in [0.15, 0.2) is 0 Å². The summed E-state index contributed by atoms with van der Waals surface area (Å²) >= 11 is -6.51. The van der Waals surface area contributed by atoms with Crippen molar-refractivity contribution in [2.45, 2.75) is 49.0 Å². The van der Waals surface area contributed by atoms with Gasteiger partial charge in [0.2, 0.25) is 0 Å². The molecule has 0 spiro atoms. The molecule has 0 heterocycles. The summed E-state index contributed by atoms with van der Waals surface area (Å²) in [6.45, 7) is 4.64. The zero-order valence-corrected chi connectivity index (χ0v) is 24.3. The van der Waals surface area contributed by atoms with Crippen LogP contribution in [0.3, 0.4) is 0 Å². The Morgan fingerprint density at radius 3 is 1.09 bits per heavy atom. The first-order chi connectivity index (χ1) is 17.2. The number of benzene rings is 4. The van der Waals surface area contributed by atoms with Gasteiger partial charge in [-0.3, -0.25) is 0 Å². The molecule has 0 N–H and O–H groups in total. The first kappa shape index (κ1) is 26.3. The first-order valence-corrected chi connectivity index (χ1v) is 19.8. The van der Waals surface area contributed by atoms with Gasteiger partial charge in [-0.15, -0.1) is 0 Å². The Labute approximate surface area is 220 Å². The summed E-state index contributed by atoms with van der Waals surface area (Å²) < 4.78 is 16.3. The average molecular weight is 534 g/mol. The molecule has 0 amide bonds. The second-order valence-electron chi connectivity index (χ2n) is 9.45. The Morgan fingerprint density at radius 1 is 0.457 bits per heavy atom. The van der Waals surface area contributed by atoms with Crippen LogP contribution in [0.2, 0.25) is 9.45 Å². The van der Waals surface area contributed by atoms with E-state index in [9.17, 15) is 0 Å². The quantitative estimate of drug-likeness (QED) is 0.180. The minimum atomic E-state index is -3.50. The molecule has 3 heteroatoms. The second kappa shape index (κ2) is 13.0. The Hall–Kier alpha value is -1.73. The van der Waals surface area contributed by atoms with Gasteiger partial charge >= 0.3 is 222 Å². The number of hydrogen-bond donors (Lipinski definition) is 0. The number of hydrogen-bond acceptors (Lipinski definition) is 1. The van der Waals surface area contributed by atoms with Crippen molar-refractivity contribution < 1.29 is 35.9 Å². The van der Waals surface area contributed by atoms with E-state index in [1.54, 1.807) is 0 Å². The molecule has 0 radical (unpaired) electrons. The van der Waals surface area contributed by atoms with Crippen LogP contribution in [0.5, 0.6) is 0 Å². The first-order valence-electron chi connectivity index (χ1n) is 13.2. The normalized spacial score (nSPS) is 11.9. The summed E-state index contributed by atoms with van der Waals surface area (Å²) in [5, 5.41) is 0. The van der Waals surface area contributed by atoms with E-state index in [0.717, 1.165) is 0 Å². The van der Waals surface area contributed by atoms with Crippen molar-refractivity contribution in [3.8, 4) is 0 Å². The zero-order valence-electron chi connectivity index (χ0n) is 21.2. The number of unbranched alkanes of at least 4 members (excludes halogenated alkanes) is 2. The van der Waals surface area contributed by atoms with Crippen LogP contribution in [-0.2, 0) is 35.9 Å². The Morgan fingerprint density at radius 2 is 0.771 bits per heavy atom. The van der Waals surface area contributed by atoms with Crippen LogP contribution in [-0.4, -0.2) is 0 Å². The van der Waals surface area contributed by atoms with Crippen LogP contribution in [0.15, 0.2) is 121 Å². The summed E-state index contributed by atoms with van der Waals surface area (Å²) in [6.07, 6.45) is 4.87. The predicted molar refractivity (Wildman–Crippen MR) is 145 cm³/mol. The van der Waals surface area contributed by atoms with Gasteiger partial charge in [-0.2, -0.15) is 0 Å². The van der Waals surface area contributed by atoms with Gasteiger partial charge in [-0.05, 0) is 0 Å². The van der Waals surface area contributed by atoms with E-state index < -0.39 is 34.0 Å². The van der Waals surface area contributed by atoms with Gasteiger partial charge in [-0.25, -0.2) is 0 Å². The maximum absolute atomic E-state index is 8.15. The number of rotatable bonds is 12. The minimum absolute atomic E-state index is 1.21. The summed E-state index contributed by atoms with van der Waals surface area (Å²) in [5.74, 6) is 0. The molecule has 0 aliphatic rings. The third-order valence-corrected chi connectivity index (χ3v) is 23.8. The fourth-order valence-electron chi connectivity index (χ4n) is 5.23. The van der Waals surface area contributed by atoms with Gasteiger partial charge in [0.05, 0.1) is 0 Å². The summed E-state index contributed by atoms with van der Waals surface area (Å²) in [7, 11) is 0. The van der Waals surface area contributed by atoms with E-state index in [-0.39, 0.29) is 0 Å². The molecule has 4 aromatic carbocycles. The van der Waals surface area contributed by atoms with Crippen molar-refractivity contribution in [3.63, 3.8) is 0 Å². The predicted octanol–water partition coefficient (Wildman–Crippen LogP) is 6.88. The molecule has 0 unspecified atom stereocenters. The van der Waals surface area contributed by atoms with Crippen LogP contribution in [0, 0.1) is 0 Å². The fraction of sp³-hybridized carbons (Fsp3) is 0.250. The van der Waals surface area contributed by atoms with Gasteiger partial charge < -0.3 is 0 Å². The van der Waals surface area contributed by atoms with Gasteiger partial charge in [0.25, 0.3) is 0 Å². The van der Waals surface area contributed by atoms with Crippen molar-refractivity contribution in [2.75, 3.05) is 0 Å². The third kappa shape index (κ3) is 5.99. The van der Waals surface area contributed by atoms with Crippen molar-refractivity contribution in [1.82, 2.24) is 0 Å². The van der Waals surface area contributed by atoms with E-state index >= 15 is 0 Å². The molecule has 1 nitrogen and oxygen atoms in total. The zero-order chi connectivity index (χ0) is 24.4. The topological polar surface area (TPSA) is 9.23 Å². The molecule has 4 aromatic rings. The van der Waals surface area contributed by atoms with Crippen LogP contribution in [0.4, 0.5) is 0 Å². The molecule has 0 aliphatic heterocycles. The average Bonchev–Trinajstić information content (AvgIpc) is 2.95. The molecule has 35 heavy (non-hydrogen) atoms. The molecule has 0 fully saturated rings. The van der Waals surface area contributed by atoms with E-state index in [1.807, 2.05) is 0 Å². The molecule has 0 aliphatic carbocycles. The molecule has 0 saturated heterocycles. The monoisotopic (exact) mass is 534 g/mol. The summed E-state index contributed by atoms with van der Waals surface area (Å²) in [5.41, 5.74) is 0. The van der Waals surface area contributed by atoms with Gasteiger partial charge in [0, 0.05) is 0 Å². The Bertz CT molecular complexity index is 1030. The van der Waals surface area contributed by atoms with Crippen LogP contribution in [0.1, 0.15) is 39.5 Å². The van der Waals surface area contributed by atoms with E-state index in [0.29, 0.717) is 0 Å². The summed E-state index contributed by atoms with van der Waals surface area (Å²) in [6, 6.07) is 44.9. The second-order valence-corrected chi connectivity index (χ2v) is 21.5. The SMILES string of the molecule is CCC[CH2][Ti]([CH2]CCC)([O][Ti]([c]1ccccc1)([c]1ccccc1)[c]1ccccc1)[c]1ccccc1. The van der Waals surface area contributed by atoms with Crippen molar-refractivity contribution >= 4 is 15.5 Å². The third-order valence-electron chi connectivity index (χ3n) is 7.06. The Balaban J connectivity index is 2.02. The van der Waals surface area contributed by atoms with Gasteiger partial charge in [-0.1, -0.05) is 0 Å². The van der Waals surface area contributed by atoms with Crippen molar-refractivity contribution in [2.24, 2.45) is 0 Å². The molecule has 0 atom stereocenters. The molecular formula is C32H38OTi2. The van der Waals surface area contributed by atoms with E-state index in [2.05, 4.69) is 135 Å². The van der Waals surface area contributed by atoms with Crippen LogP contribution < -0.4 is 15.5 Å².